The molecule has 2 aromatic carbocycles. The number of fused-ring (bicyclic) bond motifs is 1. The number of para-hydroxylation sites is 1. The first-order valence-corrected chi connectivity index (χ1v) is 8.51. The van der Waals surface area contributed by atoms with Crippen LogP contribution in [-0.4, -0.2) is 17.8 Å². The molecule has 1 aromatic heterocycles. The molecule has 118 valence electrons. The number of anilines is 1. The summed E-state index contributed by atoms with van der Waals surface area (Å²) < 4.78 is 6.51. The Hall–Kier alpha value is -1.82. The Labute approximate surface area is 147 Å². The van der Waals surface area contributed by atoms with E-state index in [0.29, 0.717) is 22.4 Å². The predicted octanol–water partition coefficient (Wildman–Crippen LogP) is 5.45. The van der Waals surface area contributed by atoms with E-state index in [-0.39, 0.29) is 0 Å². The van der Waals surface area contributed by atoms with Crippen molar-refractivity contribution in [3.05, 3.63) is 52.0 Å². The van der Waals surface area contributed by atoms with Crippen molar-refractivity contribution in [2.75, 3.05) is 12.0 Å². The first kappa shape index (κ1) is 16.1. The van der Waals surface area contributed by atoms with Crippen molar-refractivity contribution in [2.45, 2.75) is 6.92 Å². The molecule has 0 saturated carbocycles. The lowest BCUT2D eigenvalue weighted by Gasteiger charge is -2.08. The van der Waals surface area contributed by atoms with Gasteiger partial charge in [-0.2, -0.15) is 5.10 Å². The predicted molar refractivity (Wildman–Crippen MR) is 98.5 cm³/mol. The Kier molecular flexibility index (Phi) is 5.00. The third-order valence-electron chi connectivity index (χ3n) is 2.98. The van der Waals surface area contributed by atoms with Gasteiger partial charge in [0, 0.05) is 0 Å². The van der Waals surface area contributed by atoms with Gasteiger partial charge in [-0.3, -0.25) is 5.43 Å². The zero-order valence-corrected chi connectivity index (χ0v) is 14.5. The Bertz CT molecular complexity index is 807. The van der Waals surface area contributed by atoms with Crippen LogP contribution in [0.25, 0.3) is 10.2 Å². The van der Waals surface area contributed by atoms with Crippen molar-refractivity contribution in [3.8, 4) is 5.75 Å². The van der Waals surface area contributed by atoms with Gasteiger partial charge < -0.3 is 4.74 Å². The minimum Gasteiger partial charge on any atom is -0.491 e. The fourth-order valence-electron chi connectivity index (χ4n) is 2.02. The van der Waals surface area contributed by atoms with Crippen molar-refractivity contribution >= 4 is 56.1 Å². The molecule has 0 spiro atoms. The molecule has 3 aromatic rings. The molecule has 0 aliphatic rings. The fraction of sp³-hybridized carbons (Fsp3) is 0.125. The number of benzene rings is 2. The molecule has 0 atom stereocenters. The van der Waals surface area contributed by atoms with Crippen LogP contribution in [0.15, 0.2) is 41.5 Å². The average Bonchev–Trinajstić information content (AvgIpc) is 2.93. The van der Waals surface area contributed by atoms with E-state index >= 15 is 0 Å². The fourth-order valence-corrected chi connectivity index (χ4v) is 3.45. The third-order valence-corrected chi connectivity index (χ3v) is 4.48. The Morgan fingerprint density at radius 3 is 2.70 bits per heavy atom. The van der Waals surface area contributed by atoms with Gasteiger partial charge in [-0.15, -0.1) is 0 Å². The second kappa shape index (κ2) is 7.17. The van der Waals surface area contributed by atoms with Crippen LogP contribution < -0.4 is 10.2 Å². The molecule has 4 nitrogen and oxygen atoms in total. The zero-order chi connectivity index (χ0) is 16.2. The van der Waals surface area contributed by atoms with Crippen LogP contribution in [0.1, 0.15) is 12.5 Å². The van der Waals surface area contributed by atoms with Crippen molar-refractivity contribution in [3.63, 3.8) is 0 Å². The first-order chi connectivity index (χ1) is 11.2. The number of hydrogen-bond donors (Lipinski definition) is 1. The maximum absolute atomic E-state index is 6.16. The highest BCUT2D eigenvalue weighted by atomic mass is 35.5. The maximum Gasteiger partial charge on any atom is 0.204 e. The van der Waals surface area contributed by atoms with Crippen LogP contribution in [-0.2, 0) is 0 Å². The Morgan fingerprint density at radius 1 is 1.26 bits per heavy atom. The summed E-state index contributed by atoms with van der Waals surface area (Å²) in [6.07, 6.45) is 1.64. The van der Waals surface area contributed by atoms with Gasteiger partial charge in [0.1, 0.15) is 0 Å². The molecule has 0 amide bonds. The van der Waals surface area contributed by atoms with Gasteiger partial charge in [0.05, 0.1) is 33.1 Å². The monoisotopic (exact) mass is 365 g/mol. The quantitative estimate of drug-likeness (QED) is 0.483. The number of nitrogens with zero attached hydrogens (tertiary/aromatic N) is 2. The van der Waals surface area contributed by atoms with Gasteiger partial charge in [0.15, 0.2) is 5.75 Å². The van der Waals surface area contributed by atoms with Gasteiger partial charge in [-0.05, 0) is 36.8 Å². The zero-order valence-electron chi connectivity index (χ0n) is 12.2. The lowest BCUT2D eigenvalue weighted by atomic mass is 10.2. The van der Waals surface area contributed by atoms with Crippen LogP contribution in [0.5, 0.6) is 5.75 Å². The number of thiazole rings is 1. The van der Waals surface area contributed by atoms with E-state index in [4.69, 9.17) is 27.9 Å². The second-order valence-corrected chi connectivity index (χ2v) is 6.45. The van der Waals surface area contributed by atoms with Gasteiger partial charge in [0.2, 0.25) is 5.13 Å². The van der Waals surface area contributed by atoms with Crippen molar-refractivity contribution in [1.82, 2.24) is 4.98 Å². The summed E-state index contributed by atoms with van der Waals surface area (Å²) in [6, 6.07) is 11.4. The highest BCUT2D eigenvalue weighted by Gasteiger charge is 2.08. The highest BCUT2D eigenvalue weighted by Crippen LogP contribution is 2.33. The van der Waals surface area contributed by atoms with Crippen LogP contribution in [0.3, 0.4) is 0 Å². The van der Waals surface area contributed by atoms with E-state index in [1.165, 1.54) is 11.3 Å². The molecule has 0 aliphatic heterocycles. The number of ether oxygens (including phenoxy) is 1. The molecule has 0 unspecified atom stereocenters. The SMILES string of the molecule is CCOc1c(Cl)cc(/C=N\Nc2nc3ccccc3s2)cc1Cl. The molecule has 0 saturated heterocycles. The van der Waals surface area contributed by atoms with Crippen molar-refractivity contribution < 1.29 is 4.74 Å². The largest absolute Gasteiger partial charge is 0.491 e. The van der Waals surface area contributed by atoms with Gasteiger partial charge >= 0.3 is 0 Å². The normalized spacial score (nSPS) is 11.3. The molecule has 7 heteroatoms. The number of halogens is 2. The van der Waals surface area contributed by atoms with E-state index < -0.39 is 0 Å². The van der Waals surface area contributed by atoms with E-state index in [0.717, 1.165) is 20.9 Å². The summed E-state index contributed by atoms with van der Waals surface area (Å²) >= 11 is 13.9. The standard InChI is InChI=1S/C16H13Cl2N3OS/c1-2-22-15-11(17)7-10(8-12(15)18)9-19-21-16-20-13-5-3-4-6-14(13)23-16/h3-9H,2H2,1H3,(H,20,21)/b19-9-. The molecule has 1 N–H and O–H groups in total. The van der Waals surface area contributed by atoms with Crippen LogP contribution >= 0.6 is 34.5 Å². The minimum absolute atomic E-state index is 0.459. The minimum atomic E-state index is 0.459. The molecular weight excluding hydrogens is 353 g/mol. The number of rotatable bonds is 5. The summed E-state index contributed by atoms with van der Waals surface area (Å²) in [5.41, 5.74) is 4.64. The van der Waals surface area contributed by atoms with Crippen LogP contribution in [0.4, 0.5) is 5.13 Å². The van der Waals surface area contributed by atoms with E-state index in [9.17, 15) is 0 Å². The topological polar surface area (TPSA) is 46.5 Å². The Morgan fingerprint density at radius 2 is 2.00 bits per heavy atom. The summed E-state index contributed by atoms with van der Waals surface area (Å²) in [4.78, 5) is 4.44. The average molecular weight is 366 g/mol. The van der Waals surface area contributed by atoms with Crippen LogP contribution in [0, 0.1) is 0 Å². The van der Waals surface area contributed by atoms with Crippen molar-refractivity contribution in [2.24, 2.45) is 5.10 Å². The molecule has 0 bridgehead atoms. The van der Waals surface area contributed by atoms with Crippen molar-refractivity contribution in [1.29, 1.82) is 0 Å². The lowest BCUT2D eigenvalue weighted by Crippen LogP contribution is -1.95. The number of aromatic nitrogens is 1. The molecule has 0 fully saturated rings. The number of nitrogens with one attached hydrogen (secondary N) is 1. The van der Waals surface area contributed by atoms with E-state index in [1.807, 2.05) is 31.2 Å². The molecule has 1 heterocycles. The lowest BCUT2D eigenvalue weighted by molar-refractivity contribution is 0.340. The van der Waals surface area contributed by atoms with Crippen LogP contribution in [0.2, 0.25) is 10.0 Å². The van der Waals surface area contributed by atoms with Gasteiger partial charge in [0.25, 0.3) is 0 Å². The highest BCUT2D eigenvalue weighted by molar-refractivity contribution is 7.22. The second-order valence-electron chi connectivity index (χ2n) is 4.60. The summed E-state index contributed by atoms with van der Waals surface area (Å²) in [5.74, 6) is 0.493. The number of hydrogen-bond acceptors (Lipinski definition) is 5. The summed E-state index contributed by atoms with van der Waals surface area (Å²) in [7, 11) is 0. The smallest absolute Gasteiger partial charge is 0.204 e. The molecule has 0 radical (unpaired) electrons. The molecular formula is C16H13Cl2N3OS. The molecule has 0 aliphatic carbocycles. The maximum atomic E-state index is 6.16. The third kappa shape index (κ3) is 3.75. The Balaban J connectivity index is 1.75. The van der Waals surface area contributed by atoms with Gasteiger partial charge in [-0.1, -0.05) is 46.7 Å². The van der Waals surface area contributed by atoms with E-state index in [1.54, 1.807) is 18.3 Å². The summed E-state index contributed by atoms with van der Waals surface area (Å²) in [6.45, 7) is 2.38. The van der Waals surface area contributed by atoms with E-state index in [2.05, 4.69) is 15.5 Å². The molecule has 3 rings (SSSR count). The molecule has 23 heavy (non-hydrogen) atoms. The first-order valence-electron chi connectivity index (χ1n) is 6.94. The van der Waals surface area contributed by atoms with Gasteiger partial charge in [-0.25, -0.2) is 4.98 Å². The number of hydrazone groups is 1. The summed E-state index contributed by atoms with van der Waals surface area (Å²) in [5, 5.41) is 5.83.